The molecule has 0 aliphatic heterocycles. The van der Waals surface area contributed by atoms with E-state index in [0.29, 0.717) is 28.1 Å². The van der Waals surface area contributed by atoms with Crippen molar-refractivity contribution in [1.29, 1.82) is 0 Å². The number of furan rings is 1. The molecule has 7 heteroatoms. The Bertz CT molecular complexity index is 1260. The van der Waals surface area contributed by atoms with Gasteiger partial charge in [0.2, 0.25) is 0 Å². The summed E-state index contributed by atoms with van der Waals surface area (Å²) in [7, 11) is 0. The van der Waals surface area contributed by atoms with Crippen molar-refractivity contribution in [2.24, 2.45) is 5.10 Å². The molecule has 4 aromatic rings. The number of hydrogen-bond acceptors (Lipinski definition) is 5. The van der Waals surface area contributed by atoms with Gasteiger partial charge in [-0.05, 0) is 47.9 Å². The van der Waals surface area contributed by atoms with Gasteiger partial charge in [0.15, 0.2) is 11.4 Å². The molecule has 170 valence electrons. The number of anilines is 1. The summed E-state index contributed by atoms with van der Waals surface area (Å²) in [4.78, 5) is 25.4. The SMILES string of the molecule is CC(=NNC(=O)C(O)(c1ccccc1)c1ccccc1)c1cccc(NC(=O)c2ccco2)c1. The molecule has 3 N–H and O–H groups in total. The number of aliphatic hydroxyl groups is 1. The van der Waals surface area contributed by atoms with Crippen LogP contribution in [0.2, 0.25) is 0 Å². The van der Waals surface area contributed by atoms with Gasteiger partial charge in [0, 0.05) is 5.69 Å². The van der Waals surface area contributed by atoms with E-state index in [-0.39, 0.29) is 11.7 Å². The lowest BCUT2D eigenvalue weighted by molar-refractivity contribution is -0.136. The lowest BCUT2D eigenvalue weighted by Gasteiger charge is -2.27. The summed E-state index contributed by atoms with van der Waals surface area (Å²) in [6.45, 7) is 1.72. The molecule has 0 radical (unpaired) electrons. The lowest BCUT2D eigenvalue weighted by atomic mass is 9.85. The molecule has 2 amide bonds. The number of nitrogens with one attached hydrogen (secondary N) is 2. The maximum absolute atomic E-state index is 13.2. The first-order valence-electron chi connectivity index (χ1n) is 10.6. The van der Waals surface area contributed by atoms with Gasteiger partial charge in [-0.1, -0.05) is 72.8 Å². The minimum atomic E-state index is -1.93. The topological polar surface area (TPSA) is 104 Å². The first kappa shape index (κ1) is 22.7. The number of carbonyl (C=O) groups excluding carboxylic acids is 2. The maximum atomic E-state index is 13.2. The first-order valence-corrected chi connectivity index (χ1v) is 10.6. The molecule has 0 spiro atoms. The highest BCUT2D eigenvalue weighted by molar-refractivity contribution is 6.04. The van der Waals surface area contributed by atoms with E-state index in [9.17, 15) is 14.7 Å². The normalized spacial score (nSPS) is 11.6. The minimum absolute atomic E-state index is 0.198. The van der Waals surface area contributed by atoms with Gasteiger partial charge in [-0.3, -0.25) is 9.59 Å². The quantitative estimate of drug-likeness (QED) is 0.287. The Morgan fingerprint density at radius 1 is 0.853 bits per heavy atom. The fourth-order valence-electron chi connectivity index (χ4n) is 3.49. The van der Waals surface area contributed by atoms with E-state index >= 15 is 0 Å². The average Bonchev–Trinajstić information content (AvgIpc) is 3.43. The number of hydrazone groups is 1. The standard InChI is InChI=1S/C27H23N3O4/c1-19(20-10-8-15-23(18-20)28-25(31)24-16-9-17-34-24)29-30-26(32)27(33,21-11-4-2-5-12-21)22-13-6-3-7-14-22/h2-18,33H,1H3,(H,28,31)(H,30,32). The average molecular weight is 453 g/mol. The van der Waals surface area contributed by atoms with Crippen LogP contribution in [-0.4, -0.2) is 22.6 Å². The Labute approximate surface area is 196 Å². The summed E-state index contributed by atoms with van der Waals surface area (Å²) in [6.07, 6.45) is 1.43. The fraction of sp³-hybridized carbons (Fsp3) is 0.0741. The Hall–Kier alpha value is -4.49. The number of benzene rings is 3. The first-order chi connectivity index (χ1) is 16.5. The zero-order valence-electron chi connectivity index (χ0n) is 18.4. The minimum Gasteiger partial charge on any atom is -0.459 e. The predicted molar refractivity (Wildman–Crippen MR) is 129 cm³/mol. The second kappa shape index (κ2) is 9.97. The van der Waals surface area contributed by atoms with Crippen molar-refractivity contribution < 1.29 is 19.1 Å². The smallest absolute Gasteiger partial charge is 0.291 e. The van der Waals surface area contributed by atoms with E-state index in [1.807, 2.05) is 12.1 Å². The fourth-order valence-corrected chi connectivity index (χ4v) is 3.49. The molecule has 0 atom stereocenters. The molecule has 1 heterocycles. The summed E-state index contributed by atoms with van der Waals surface area (Å²) < 4.78 is 5.11. The van der Waals surface area contributed by atoms with Gasteiger partial charge in [0.25, 0.3) is 11.8 Å². The van der Waals surface area contributed by atoms with E-state index in [2.05, 4.69) is 15.8 Å². The predicted octanol–water partition coefficient (Wildman–Crippen LogP) is 4.31. The number of rotatable bonds is 7. The molecule has 0 aliphatic rings. The zero-order valence-corrected chi connectivity index (χ0v) is 18.4. The number of amides is 2. The van der Waals surface area contributed by atoms with Crippen LogP contribution in [0.15, 0.2) is 113 Å². The molecule has 7 nitrogen and oxygen atoms in total. The van der Waals surface area contributed by atoms with Crippen molar-refractivity contribution in [2.45, 2.75) is 12.5 Å². The third kappa shape index (κ3) is 4.79. The molecule has 34 heavy (non-hydrogen) atoms. The molecule has 3 aromatic carbocycles. The molecule has 4 rings (SSSR count). The van der Waals surface area contributed by atoms with Crippen LogP contribution >= 0.6 is 0 Å². The highest BCUT2D eigenvalue weighted by atomic mass is 16.3. The van der Waals surface area contributed by atoms with Gasteiger partial charge in [-0.2, -0.15) is 5.10 Å². The second-order valence-electron chi connectivity index (χ2n) is 7.59. The van der Waals surface area contributed by atoms with Gasteiger partial charge in [-0.15, -0.1) is 0 Å². The van der Waals surface area contributed by atoms with Crippen LogP contribution in [0, 0.1) is 0 Å². The van der Waals surface area contributed by atoms with Crippen molar-refractivity contribution >= 4 is 23.2 Å². The zero-order chi connectivity index (χ0) is 24.0. The van der Waals surface area contributed by atoms with Gasteiger partial charge >= 0.3 is 0 Å². The Balaban J connectivity index is 1.55. The molecule has 0 unspecified atom stereocenters. The summed E-state index contributed by atoms with van der Waals surface area (Å²) in [5, 5.41) is 18.5. The van der Waals surface area contributed by atoms with Crippen LogP contribution in [0.5, 0.6) is 0 Å². The summed E-state index contributed by atoms with van der Waals surface area (Å²) in [5.41, 5.74) is 3.14. The molecule has 0 saturated carbocycles. The van der Waals surface area contributed by atoms with E-state index in [1.54, 1.807) is 91.9 Å². The van der Waals surface area contributed by atoms with Gasteiger partial charge in [-0.25, -0.2) is 5.43 Å². The van der Waals surface area contributed by atoms with Crippen molar-refractivity contribution in [3.05, 3.63) is 126 Å². The Morgan fingerprint density at radius 2 is 1.50 bits per heavy atom. The summed E-state index contributed by atoms with van der Waals surface area (Å²) in [6, 6.07) is 27.6. The van der Waals surface area contributed by atoms with Crippen molar-refractivity contribution in [1.82, 2.24) is 5.43 Å². The van der Waals surface area contributed by atoms with Crippen LogP contribution in [0.25, 0.3) is 0 Å². The number of carbonyl (C=O) groups is 2. The summed E-state index contributed by atoms with van der Waals surface area (Å²) in [5.74, 6) is -0.864. The molecule has 0 saturated heterocycles. The molecule has 1 aromatic heterocycles. The monoisotopic (exact) mass is 453 g/mol. The Kier molecular flexibility index (Phi) is 6.66. The highest BCUT2D eigenvalue weighted by Crippen LogP contribution is 2.29. The van der Waals surface area contributed by atoms with Gasteiger partial charge < -0.3 is 14.8 Å². The molecule has 0 aliphatic carbocycles. The van der Waals surface area contributed by atoms with E-state index in [4.69, 9.17) is 4.42 Å². The van der Waals surface area contributed by atoms with E-state index in [0.717, 1.165) is 0 Å². The lowest BCUT2D eigenvalue weighted by Crippen LogP contribution is -2.43. The van der Waals surface area contributed by atoms with Crippen LogP contribution in [0.3, 0.4) is 0 Å². The molecule has 0 fully saturated rings. The summed E-state index contributed by atoms with van der Waals surface area (Å²) >= 11 is 0. The van der Waals surface area contributed by atoms with Crippen molar-refractivity contribution in [3.63, 3.8) is 0 Å². The third-order valence-electron chi connectivity index (χ3n) is 5.32. The van der Waals surface area contributed by atoms with Gasteiger partial charge in [0.1, 0.15) is 0 Å². The molecular weight excluding hydrogens is 430 g/mol. The van der Waals surface area contributed by atoms with E-state index < -0.39 is 11.5 Å². The highest BCUT2D eigenvalue weighted by Gasteiger charge is 2.39. The molecule has 0 bridgehead atoms. The number of hydrogen-bond donors (Lipinski definition) is 3. The largest absolute Gasteiger partial charge is 0.459 e. The van der Waals surface area contributed by atoms with E-state index in [1.165, 1.54) is 6.26 Å². The van der Waals surface area contributed by atoms with Crippen LogP contribution < -0.4 is 10.7 Å². The van der Waals surface area contributed by atoms with Gasteiger partial charge in [0.05, 0.1) is 12.0 Å². The molecular formula is C27H23N3O4. The second-order valence-corrected chi connectivity index (χ2v) is 7.59. The van der Waals surface area contributed by atoms with Crippen LogP contribution in [-0.2, 0) is 10.4 Å². The van der Waals surface area contributed by atoms with Crippen molar-refractivity contribution in [3.8, 4) is 0 Å². The Morgan fingerprint density at radius 3 is 2.09 bits per heavy atom. The van der Waals surface area contributed by atoms with Crippen LogP contribution in [0.1, 0.15) is 34.2 Å². The van der Waals surface area contributed by atoms with Crippen LogP contribution in [0.4, 0.5) is 5.69 Å². The number of nitrogens with zero attached hydrogens (tertiary/aromatic N) is 1. The maximum Gasteiger partial charge on any atom is 0.291 e. The van der Waals surface area contributed by atoms with Crippen molar-refractivity contribution in [2.75, 3.05) is 5.32 Å². The third-order valence-corrected chi connectivity index (χ3v) is 5.32.